The largest absolute Gasteiger partial charge is 0.508 e. The van der Waals surface area contributed by atoms with E-state index in [-0.39, 0.29) is 28.8 Å². The highest BCUT2D eigenvalue weighted by atomic mass is 16.5. The van der Waals surface area contributed by atoms with Crippen LogP contribution in [0.1, 0.15) is 46.8 Å². The summed E-state index contributed by atoms with van der Waals surface area (Å²) in [5.74, 6) is -0.665. The third-order valence-corrected chi connectivity index (χ3v) is 5.67. The predicted molar refractivity (Wildman–Crippen MR) is 118 cm³/mol. The molecule has 32 heavy (non-hydrogen) atoms. The fraction of sp³-hybridized carbons (Fsp3) is 0.391. The van der Waals surface area contributed by atoms with Crippen molar-refractivity contribution in [2.75, 3.05) is 26.3 Å². The number of aliphatic hydroxyl groups is 1. The van der Waals surface area contributed by atoms with Gasteiger partial charge < -0.3 is 20.1 Å². The van der Waals surface area contributed by atoms with Crippen LogP contribution in [0.4, 0.5) is 0 Å². The maximum atomic E-state index is 13.4. The quantitative estimate of drug-likeness (QED) is 0.559. The fourth-order valence-corrected chi connectivity index (χ4v) is 3.94. The molecule has 1 amide bonds. The number of aromatic hydroxyl groups is 2. The summed E-state index contributed by atoms with van der Waals surface area (Å²) in [7, 11) is 0. The molecule has 0 aliphatic carbocycles. The van der Waals surface area contributed by atoms with Gasteiger partial charge in [0.15, 0.2) is 5.84 Å². The number of rotatable bonds is 5. The molecule has 0 spiro atoms. The van der Waals surface area contributed by atoms with Crippen LogP contribution in [-0.2, 0) is 11.3 Å². The molecule has 170 valence electrons. The zero-order valence-corrected chi connectivity index (χ0v) is 18.2. The van der Waals surface area contributed by atoms with E-state index in [0.717, 1.165) is 23.6 Å². The first-order valence-corrected chi connectivity index (χ1v) is 10.6. The van der Waals surface area contributed by atoms with Crippen molar-refractivity contribution in [3.05, 3.63) is 58.7 Å². The van der Waals surface area contributed by atoms with Gasteiger partial charge in [0.2, 0.25) is 6.35 Å². The van der Waals surface area contributed by atoms with Gasteiger partial charge in [-0.05, 0) is 35.2 Å². The Morgan fingerprint density at radius 2 is 1.94 bits per heavy atom. The monoisotopic (exact) mass is 440 g/mol. The number of morpholine rings is 1. The summed E-state index contributed by atoms with van der Waals surface area (Å²) >= 11 is 0. The Morgan fingerprint density at radius 1 is 1.19 bits per heavy atom. The van der Waals surface area contributed by atoms with Crippen LogP contribution in [0.15, 0.2) is 41.5 Å². The third kappa shape index (κ3) is 4.40. The minimum absolute atomic E-state index is 0.0183. The Morgan fingerprint density at radius 3 is 2.66 bits per heavy atom. The van der Waals surface area contributed by atoms with Crippen LogP contribution < -0.4 is 5.43 Å². The van der Waals surface area contributed by atoms with Crippen molar-refractivity contribution >= 4 is 11.7 Å². The van der Waals surface area contributed by atoms with E-state index in [1.165, 1.54) is 6.07 Å². The van der Waals surface area contributed by atoms with Gasteiger partial charge in [0.1, 0.15) is 11.5 Å². The van der Waals surface area contributed by atoms with E-state index in [2.05, 4.69) is 15.4 Å². The summed E-state index contributed by atoms with van der Waals surface area (Å²) in [4.78, 5) is 16.7. The SMILES string of the molecule is CC(C)c1cc(C2=NNC(O)N2C(=O)c2cccc(CN3CCOCC3)c2)c(O)cc1O. The Balaban J connectivity index is 1.61. The van der Waals surface area contributed by atoms with Gasteiger partial charge in [0, 0.05) is 31.3 Å². The molecule has 2 aromatic rings. The molecule has 9 nitrogen and oxygen atoms in total. The van der Waals surface area contributed by atoms with E-state index in [9.17, 15) is 20.1 Å². The third-order valence-electron chi connectivity index (χ3n) is 5.67. The highest BCUT2D eigenvalue weighted by molar-refractivity contribution is 6.14. The molecular formula is C23H28N4O5. The second-order valence-corrected chi connectivity index (χ2v) is 8.29. The smallest absolute Gasteiger partial charge is 0.263 e. The maximum Gasteiger partial charge on any atom is 0.263 e. The first-order chi connectivity index (χ1) is 15.3. The van der Waals surface area contributed by atoms with Gasteiger partial charge in [0.05, 0.1) is 18.8 Å². The van der Waals surface area contributed by atoms with Crippen LogP contribution in [0.3, 0.4) is 0 Å². The Hall–Kier alpha value is -3.14. The highest BCUT2D eigenvalue weighted by Crippen LogP contribution is 2.34. The van der Waals surface area contributed by atoms with Crippen molar-refractivity contribution in [1.29, 1.82) is 0 Å². The predicted octanol–water partition coefficient (Wildman–Crippen LogP) is 1.74. The lowest BCUT2D eigenvalue weighted by atomic mass is 9.98. The number of phenolic OH excluding ortho intramolecular Hbond substituents is 2. The van der Waals surface area contributed by atoms with Crippen molar-refractivity contribution in [3.8, 4) is 11.5 Å². The van der Waals surface area contributed by atoms with E-state index in [4.69, 9.17) is 4.74 Å². The number of amides is 1. The van der Waals surface area contributed by atoms with Crippen LogP contribution in [-0.4, -0.2) is 69.5 Å². The Kier molecular flexibility index (Phi) is 6.31. The van der Waals surface area contributed by atoms with Crippen molar-refractivity contribution in [2.24, 2.45) is 5.10 Å². The molecule has 2 aliphatic heterocycles. The number of amidine groups is 1. The van der Waals surface area contributed by atoms with Gasteiger partial charge in [-0.2, -0.15) is 5.10 Å². The molecule has 2 heterocycles. The zero-order valence-electron chi connectivity index (χ0n) is 18.2. The number of nitrogens with one attached hydrogen (secondary N) is 1. The topological polar surface area (TPSA) is 118 Å². The number of hydrazone groups is 1. The molecule has 0 saturated carbocycles. The Bertz CT molecular complexity index is 1030. The molecule has 4 N–H and O–H groups in total. The number of ether oxygens (including phenoxy) is 1. The van der Waals surface area contributed by atoms with Crippen LogP contribution in [0, 0.1) is 0 Å². The van der Waals surface area contributed by atoms with Gasteiger partial charge in [-0.1, -0.05) is 26.0 Å². The van der Waals surface area contributed by atoms with E-state index < -0.39 is 12.3 Å². The summed E-state index contributed by atoms with van der Waals surface area (Å²) in [6.45, 7) is 7.56. The van der Waals surface area contributed by atoms with Crippen molar-refractivity contribution in [2.45, 2.75) is 32.7 Å². The minimum atomic E-state index is -1.38. The van der Waals surface area contributed by atoms with Crippen molar-refractivity contribution < 1.29 is 24.9 Å². The number of carbonyl (C=O) groups is 1. The molecule has 0 aromatic heterocycles. The van der Waals surface area contributed by atoms with Gasteiger partial charge in [-0.3, -0.25) is 15.1 Å². The van der Waals surface area contributed by atoms with E-state index in [1.54, 1.807) is 18.2 Å². The number of carbonyl (C=O) groups excluding carboxylic acids is 1. The van der Waals surface area contributed by atoms with Gasteiger partial charge >= 0.3 is 0 Å². The van der Waals surface area contributed by atoms with Gasteiger partial charge in [-0.25, -0.2) is 4.90 Å². The summed E-state index contributed by atoms with van der Waals surface area (Å²) in [6, 6.07) is 10.1. The van der Waals surface area contributed by atoms with Crippen molar-refractivity contribution in [3.63, 3.8) is 0 Å². The lowest BCUT2D eigenvalue weighted by molar-refractivity contribution is 0.0320. The van der Waals surface area contributed by atoms with Crippen molar-refractivity contribution in [1.82, 2.24) is 15.2 Å². The molecule has 0 bridgehead atoms. The molecule has 1 atom stereocenters. The molecule has 2 aliphatic rings. The lowest BCUT2D eigenvalue weighted by Gasteiger charge is -2.27. The number of hydrogen-bond donors (Lipinski definition) is 4. The summed E-state index contributed by atoms with van der Waals surface area (Å²) in [5, 5.41) is 35.1. The molecule has 4 rings (SSSR count). The number of benzene rings is 2. The molecule has 1 unspecified atom stereocenters. The highest BCUT2D eigenvalue weighted by Gasteiger charge is 2.35. The second kappa shape index (κ2) is 9.15. The van der Waals surface area contributed by atoms with E-state index >= 15 is 0 Å². The molecule has 2 aromatic carbocycles. The van der Waals surface area contributed by atoms with Gasteiger partial charge in [-0.15, -0.1) is 0 Å². The summed E-state index contributed by atoms with van der Waals surface area (Å²) in [6.07, 6.45) is -1.38. The average molecular weight is 441 g/mol. The van der Waals surface area contributed by atoms with Crippen LogP contribution >= 0.6 is 0 Å². The number of hydrogen-bond acceptors (Lipinski definition) is 8. The Labute approximate surface area is 186 Å². The first kappa shape index (κ1) is 22.1. The number of phenols is 2. The first-order valence-electron chi connectivity index (χ1n) is 10.6. The van der Waals surface area contributed by atoms with Crippen LogP contribution in [0.25, 0.3) is 0 Å². The fourth-order valence-electron chi connectivity index (χ4n) is 3.94. The van der Waals surface area contributed by atoms with Crippen LogP contribution in [0.5, 0.6) is 11.5 Å². The average Bonchev–Trinajstić information content (AvgIpc) is 3.15. The minimum Gasteiger partial charge on any atom is -0.508 e. The number of nitrogens with zero attached hydrogens (tertiary/aromatic N) is 3. The molecule has 0 radical (unpaired) electrons. The zero-order chi connectivity index (χ0) is 22.8. The normalized spacial score (nSPS) is 19.2. The second-order valence-electron chi connectivity index (χ2n) is 8.29. The molecule has 1 fully saturated rings. The molecular weight excluding hydrogens is 412 g/mol. The summed E-state index contributed by atoms with van der Waals surface area (Å²) in [5.41, 5.74) is 4.71. The van der Waals surface area contributed by atoms with E-state index in [1.807, 2.05) is 26.0 Å². The maximum absolute atomic E-state index is 13.4. The number of aliphatic hydroxyl groups excluding tert-OH is 1. The lowest BCUT2D eigenvalue weighted by Crippen LogP contribution is -2.44. The van der Waals surface area contributed by atoms with E-state index in [0.29, 0.717) is 30.9 Å². The standard InChI is InChI=1S/C23H28N4O5/c1-14(2)17-11-18(20(29)12-19(17)28)21-24-25-23(31)27(21)22(30)16-5-3-4-15(10-16)13-26-6-8-32-9-7-26/h3-5,10-12,14,23,25,28-29,31H,6-9,13H2,1-2H3. The van der Waals surface area contributed by atoms with Crippen LogP contribution in [0.2, 0.25) is 0 Å². The molecule has 1 saturated heterocycles. The van der Waals surface area contributed by atoms with Gasteiger partial charge in [0.25, 0.3) is 5.91 Å². The summed E-state index contributed by atoms with van der Waals surface area (Å²) < 4.78 is 5.39. The molecule has 9 heteroatoms.